The Balaban J connectivity index is 2.55. The normalized spacial score (nSPS) is 10.3. The summed E-state index contributed by atoms with van der Waals surface area (Å²) in [4.78, 5) is 3.98. The van der Waals surface area contributed by atoms with Crippen molar-refractivity contribution in [3.05, 3.63) is 46.6 Å². The first-order valence-electron chi connectivity index (χ1n) is 4.34. The minimum Gasteiger partial charge on any atom is -0.382 e. The fourth-order valence-electron chi connectivity index (χ4n) is 1.29. The van der Waals surface area contributed by atoms with Crippen LogP contribution in [0.15, 0.2) is 36.5 Å². The van der Waals surface area contributed by atoms with Crippen molar-refractivity contribution in [3.8, 4) is 11.1 Å². The zero-order valence-corrected chi connectivity index (χ0v) is 9.26. The number of aromatic nitrogens is 1. The van der Waals surface area contributed by atoms with Gasteiger partial charge in [0.15, 0.2) is 0 Å². The fourth-order valence-corrected chi connectivity index (χ4v) is 1.70. The topological polar surface area (TPSA) is 38.9 Å². The Morgan fingerprint density at radius 2 is 1.80 bits per heavy atom. The van der Waals surface area contributed by atoms with Crippen molar-refractivity contribution in [2.45, 2.75) is 0 Å². The molecule has 76 valence electrons. The maximum Gasteiger partial charge on any atom is 0.142 e. The Bertz CT molecular complexity index is 498. The average Bonchev–Trinajstić information content (AvgIpc) is 2.23. The molecule has 0 bridgehead atoms. The van der Waals surface area contributed by atoms with E-state index in [0.717, 1.165) is 11.1 Å². The lowest BCUT2D eigenvalue weighted by atomic mass is 10.1. The molecule has 1 aromatic heterocycles. The predicted molar refractivity (Wildman–Crippen MR) is 64.1 cm³/mol. The lowest BCUT2D eigenvalue weighted by Gasteiger charge is -2.05. The van der Waals surface area contributed by atoms with Gasteiger partial charge in [-0.3, -0.25) is 0 Å². The number of anilines is 1. The molecule has 2 rings (SSSR count). The molecular weight excluding hydrogens is 231 g/mol. The van der Waals surface area contributed by atoms with E-state index < -0.39 is 0 Å². The van der Waals surface area contributed by atoms with Gasteiger partial charge in [0, 0.05) is 22.3 Å². The number of benzene rings is 1. The predicted octanol–water partition coefficient (Wildman–Crippen LogP) is 3.64. The van der Waals surface area contributed by atoms with Crippen LogP contribution in [0.5, 0.6) is 0 Å². The van der Waals surface area contributed by atoms with Crippen LogP contribution in [0.3, 0.4) is 0 Å². The number of nitrogens with zero attached hydrogens (tertiary/aromatic N) is 1. The van der Waals surface area contributed by atoms with Gasteiger partial charge in [0.2, 0.25) is 0 Å². The molecule has 0 spiro atoms. The summed E-state index contributed by atoms with van der Waals surface area (Å²) in [6.45, 7) is 0. The summed E-state index contributed by atoms with van der Waals surface area (Å²) >= 11 is 11.9. The van der Waals surface area contributed by atoms with Gasteiger partial charge in [0.1, 0.15) is 5.82 Å². The highest BCUT2D eigenvalue weighted by molar-refractivity contribution is 6.34. The van der Waals surface area contributed by atoms with Gasteiger partial charge in [0.25, 0.3) is 0 Å². The molecule has 0 aliphatic rings. The molecule has 0 aliphatic heterocycles. The van der Waals surface area contributed by atoms with Crippen LogP contribution in [0.4, 0.5) is 5.82 Å². The van der Waals surface area contributed by atoms with E-state index in [1.807, 2.05) is 24.3 Å². The van der Waals surface area contributed by atoms with Crippen molar-refractivity contribution in [3.63, 3.8) is 0 Å². The van der Waals surface area contributed by atoms with Crippen LogP contribution in [0.1, 0.15) is 0 Å². The molecule has 0 atom stereocenters. The van der Waals surface area contributed by atoms with Gasteiger partial charge < -0.3 is 5.73 Å². The Hall–Kier alpha value is -1.25. The second kappa shape index (κ2) is 4.09. The lowest BCUT2D eigenvalue weighted by Crippen LogP contribution is -1.91. The summed E-state index contributed by atoms with van der Waals surface area (Å²) in [5.74, 6) is 0.326. The monoisotopic (exact) mass is 238 g/mol. The highest BCUT2D eigenvalue weighted by atomic mass is 35.5. The van der Waals surface area contributed by atoms with Crippen LogP contribution in [0, 0.1) is 0 Å². The van der Waals surface area contributed by atoms with Gasteiger partial charge in [-0.1, -0.05) is 41.4 Å². The molecular formula is C11H8Cl2N2. The molecule has 2 aromatic rings. The first-order chi connectivity index (χ1) is 7.18. The minimum absolute atomic E-state index is 0.326. The maximum absolute atomic E-state index is 6.05. The molecule has 0 saturated heterocycles. The molecule has 1 heterocycles. The van der Waals surface area contributed by atoms with Gasteiger partial charge in [-0.25, -0.2) is 4.98 Å². The first-order valence-corrected chi connectivity index (χ1v) is 5.10. The standard InChI is InChI=1S/C11H8Cl2N2/c12-9-4-2-1-3-8(9)7-5-10(13)11(14)15-6-7/h1-6H,(H2,14,15). The number of pyridine rings is 1. The van der Waals surface area contributed by atoms with E-state index in [1.54, 1.807) is 12.3 Å². The van der Waals surface area contributed by atoms with Crippen molar-refractivity contribution >= 4 is 29.0 Å². The Morgan fingerprint density at radius 3 is 2.47 bits per heavy atom. The number of nitrogen functional groups attached to an aromatic ring is 1. The third-order valence-electron chi connectivity index (χ3n) is 2.05. The molecule has 2 nitrogen and oxygen atoms in total. The third-order valence-corrected chi connectivity index (χ3v) is 2.69. The minimum atomic E-state index is 0.326. The SMILES string of the molecule is Nc1ncc(-c2ccccc2Cl)cc1Cl. The second-order valence-electron chi connectivity index (χ2n) is 3.07. The van der Waals surface area contributed by atoms with Gasteiger partial charge in [0.05, 0.1) is 5.02 Å². The van der Waals surface area contributed by atoms with Gasteiger partial charge in [-0.2, -0.15) is 0 Å². The zero-order chi connectivity index (χ0) is 10.8. The zero-order valence-electron chi connectivity index (χ0n) is 7.74. The first kappa shape index (κ1) is 10.3. The van der Waals surface area contributed by atoms with E-state index in [2.05, 4.69) is 4.98 Å². The molecule has 4 heteroatoms. The quantitative estimate of drug-likeness (QED) is 0.825. The smallest absolute Gasteiger partial charge is 0.142 e. The van der Waals surface area contributed by atoms with Crippen molar-refractivity contribution in [1.29, 1.82) is 0 Å². The van der Waals surface area contributed by atoms with Crippen LogP contribution in [0.25, 0.3) is 11.1 Å². The molecule has 0 amide bonds. The van der Waals surface area contributed by atoms with Crippen LogP contribution in [0.2, 0.25) is 10.0 Å². The molecule has 15 heavy (non-hydrogen) atoms. The Morgan fingerprint density at radius 1 is 1.07 bits per heavy atom. The molecule has 0 radical (unpaired) electrons. The number of hydrogen-bond acceptors (Lipinski definition) is 2. The van der Waals surface area contributed by atoms with Gasteiger partial charge in [-0.15, -0.1) is 0 Å². The summed E-state index contributed by atoms with van der Waals surface area (Å²) in [6.07, 6.45) is 1.66. The van der Waals surface area contributed by atoms with E-state index >= 15 is 0 Å². The lowest BCUT2D eigenvalue weighted by molar-refractivity contribution is 1.34. The van der Waals surface area contributed by atoms with Crippen molar-refractivity contribution in [1.82, 2.24) is 4.98 Å². The Kier molecular flexibility index (Phi) is 2.80. The number of nitrogens with two attached hydrogens (primary N) is 1. The van der Waals surface area contributed by atoms with Crippen LogP contribution in [-0.4, -0.2) is 4.98 Å². The number of halogens is 2. The largest absolute Gasteiger partial charge is 0.382 e. The molecule has 0 fully saturated rings. The molecule has 0 saturated carbocycles. The van der Waals surface area contributed by atoms with E-state index in [-0.39, 0.29) is 0 Å². The van der Waals surface area contributed by atoms with E-state index in [9.17, 15) is 0 Å². The van der Waals surface area contributed by atoms with Crippen LogP contribution < -0.4 is 5.73 Å². The van der Waals surface area contributed by atoms with Gasteiger partial charge in [-0.05, 0) is 12.1 Å². The maximum atomic E-state index is 6.05. The molecule has 1 aromatic carbocycles. The summed E-state index contributed by atoms with van der Waals surface area (Å²) < 4.78 is 0. The number of rotatable bonds is 1. The summed E-state index contributed by atoms with van der Waals surface area (Å²) in [7, 11) is 0. The van der Waals surface area contributed by atoms with E-state index in [0.29, 0.717) is 15.9 Å². The molecule has 0 aliphatic carbocycles. The third kappa shape index (κ3) is 2.06. The fraction of sp³-hybridized carbons (Fsp3) is 0. The van der Waals surface area contributed by atoms with Crippen LogP contribution in [-0.2, 0) is 0 Å². The van der Waals surface area contributed by atoms with Crippen molar-refractivity contribution < 1.29 is 0 Å². The molecule has 2 N–H and O–H groups in total. The summed E-state index contributed by atoms with van der Waals surface area (Å²) in [5.41, 5.74) is 7.29. The average molecular weight is 239 g/mol. The van der Waals surface area contributed by atoms with E-state index in [1.165, 1.54) is 0 Å². The van der Waals surface area contributed by atoms with Crippen molar-refractivity contribution in [2.24, 2.45) is 0 Å². The summed E-state index contributed by atoms with van der Waals surface area (Å²) in [5, 5.41) is 1.10. The summed E-state index contributed by atoms with van der Waals surface area (Å²) in [6, 6.07) is 9.27. The van der Waals surface area contributed by atoms with Crippen LogP contribution >= 0.6 is 23.2 Å². The van der Waals surface area contributed by atoms with E-state index in [4.69, 9.17) is 28.9 Å². The highest BCUT2D eigenvalue weighted by Gasteiger charge is 2.05. The highest BCUT2D eigenvalue weighted by Crippen LogP contribution is 2.29. The van der Waals surface area contributed by atoms with Gasteiger partial charge >= 0.3 is 0 Å². The second-order valence-corrected chi connectivity index (χ2v) is 3.89. The number of hydrogen-bond donors (Lipinski definition) is 1. The van der Waals surface area contributed by atoms with Crippen molar-refractivity contribution in [2.75, 3.05) is 5.73 Å². The molecule has 0 unspecified atom stereocenters. The Labute approximate surface area is 97.7 Å².